The summed E-state index contributed by atoms with van der Waals surface area (Å²) in [6.07, 6.45) is 2.68. The van der Waals surface area contributed by atoms with Crippen molar-refractivity contribution in [3.8, 4) is 11.8 Å². The summed E-state index contributed by atoms with van der Waals surface area (Å²) in [5, 5.41) is 2.13. The lowest BCUT2D eigenvalue weighted by atomic mass is 9.99. The molecular weight excluding hydrogens is 228 g/mol. The lowest BCUT2D eigenvalue weighted by Gasteiger charge is -2.29. The van der Waals surface area contributed by atoms with Crippen LogP contribution in [0.5, 0.6) is 0 Å². The van der Waals surface area contributed by atoms with Crippen LogP contribution < -0.4 is 5.73 Å². The maximum atomic E-state index is 5.37. The molecule has 17 heavy (non-hydrogen) atoms. The molecule has 0 bridgehead atoms. The van der Waals surface area contributed by atoms with Crippen LogP contribution in [-0.4, -0.2) is 24.5 Å². The van der Waals surface area contributed by atoms with E-state index in [2.05, 4.69) is 35.1 Å². The predicted octanol–water partition coefficient (Wildman–Crippen LogP) is 2.29. The third-order valence-electron chi connectivity index (χ3n) is 3.24. The molecule has 2 heterocycles. The fraction of sp³-hybridized carbons (Fsp3) is 0.571. The van der Waals surface area contributed by atoms with Gasteiger partial charge >= 0.3 is 0 Å². The molecule has 3 heteroatoms. The molecule has 0 spiro atoms. The van der Waals surface area contributed by atoms with Gasteiger partial charge in [-0.25, -0.2) is 0 Å². The molecule has 0 unspecified atom stereocenters. The molecule has 2 N–H and O–H groups in total. The van der Waals surface area contributed by atoms with Gasteiger partial charge < -0.3 is 5.73 Å². The number of nitrogens with zero attached hydrogens (tertiary/aromatic N) is 1. The van der Waals surface area contributed by atoms with E-state index in [-0.39, 0.29) is 0 Å². The molecule has 0 radical (unpaired) electrons. The van der Waals surface area contributed by atoms with Gasteiger partial charge in [-0.2, -0.15) is 0 Å². The predicted molar refractivity (Wildman–Crippen MR) is 73.9 cm³/mol. The fourth-order valence-electron chi connectivity index (χ4n) is 2.12. The van der Waals surface area contributed by atoms with E-state index in [1.807, 2.05) is 11.3 Å². The number of thiophene rings is 1. The standard InChI is InChI=1S/C14H20N2S/c1-12-4-7-16(8-5-12)10-14-9-13(11-17-14)3-2-6-15/h9,11-12H,4-8,10,15H2,1H3. The molecule has 1 fully saturated rings. The number of rotatable bonds is 2. The Kier molecular flexibility index (Phi) is 4.61. The molecule has 2 nitrogen and oxygen atoms in total. The van der Waals surface area contributed by atoms with E-state index in [1.165, 1.54) is 30.8 Å². The van der Waals surface area contributed by atoms with Crippen molar-refractivity contribution in [2.24, 2.45) is 11.7 Å². The normalized spacial score (nSPS) is 17.8. The molecule has 1 aliphatic rings. The van der Waals surface area contributed by atoms with E-state index < -0.39 is 0 Å². The number of likely N-dealkylation sites (tertiary alicyclic amines) is 1. The molecule has 0 aromatic carbocycles. The average Bonchev–Trinajstić information content (AvgIpc) is 2.77. The van der Waals surface area contributed by atoms with Crippen molar-refractivity contribution >= 4 is 11.3 Å². The number of hydrogen-bond donors (Lipinski definition) is 1. The van der Waals surface area contributed by atoms with Gasteiger partial charge in [0.05, 0.1) is 6.54 Å². The third kappa shape index (κ3) is 3.85. The zero-order valence-corrected chi connectivity index (χ0v) is 11.2. The van der Waals surface area contributed by atoms with Gasteiger partial charge in [-0.15, -0.1) is 11.3 Å². The van der Waals surface area contributed by atoms with Crippen molar-refractivity contribution in [1.82, 2.24) is 4.90 Å². The van der Waals surface area contributed by atoms with Crippen molar-refractivity contribution in [3.05, 3.63) is 21.9 Å². The molecule has 0 aliphatic carbocycles. The summed E-state index contributed by atoms with van der Waals surface area (Å²) in [5.74, 6) is 6.89. The molecule has 1 saturated heterocycles. The van der Waals surface area contributed by atoms with Gasteiger partial charge in [0.25, 0.3) is 0 Å². The van der Waals surface area contributed by atoms with Crippen molar-refractivity contribution in [3.63, 3.8) is 0 Å². The molecule has 1 aliphatic heterocycles. The second-order valence-corrected chi connectivity index (χ2v) is 5.76. The third-order valence-corrected chi connectivity index (χ3v) is 4.17. The van der Waals surface area contributed by atoms with Crippen LogP contribution >= 0.6 is 11.3 Å². The van der Waals surface area contributed by atoms with Gasteiger partial charge in [-0.05, 0) is 37.9 Å². The Morgan fingerprint density at radius 3 is 2.94 bits per heavy atom. The monoisotopic (exact) mass is 248 g/mol. The Morgan fingerprint density at radius 2 is 2.24 bits per heavy atom. The second kappa shape index (κ2) is 6.20. The SMILES string of the molecule is CC1CCN(Cc2cc(C#CCN)cs2)CC1. The topological polar surface area (TPSA) is 29.3 Å². The average molecular weight is 248 g/mol. The molecular formula is C14H20N2S. The van der Waals surface area contributed by atoms with E-state index in [9.17, 15) is 0 Å². The zero-order chi connectivity index (χ0) is 12.1. The molecule has 92 valence electrons. The van der Waals surface area contributed by atoms with Crippen LogP contribution in [-0.2, 0) is 6.54 Å². The highest BCUT2D eigenvalue weighted by molar-refractivity contribution is 7.10. The maximum absolute atomic E-state index is 5.37. The Balaban J connectivity index is 1.88. The van der Waals surface area contributed by atoms with Crippen molar-refractivity contribution < 1.29 is 0 Å². The van der Waals surface area contributed by atoms with Crippen LogP contribution in [0.15, 0.2) is 11.4 Å². The van der Waals surface area contributed by atoms with Gasteiger partial charge in [0, 0.05) is 22.4 Å². The van der Waals surface area contributed by atoms with Gasteiger partial charge in [0.15, 0.2) is 0 Å². The van der Waals surface area contributed by atoms with E-state index in [0.717, 1.165) is 18.0 Å². The Labute approximate surface area is 108 Å². The largest absolute Gasteiger partial charge is 0.320 e. The number of piperidine rings is 1. The second-order valence-electron chi connectivity index (χ2n) is 4.77. The quantitative estimate of drug-likeness (QED) is 0.814. The Morgan fingerprint density at radius 1 is 1.47 bits per heavy atom. The van der Waals surface area contributed by atoms with E-state index in [1.54, 1.807) is 0 Å². The van der Waals surface area contributed by atoms with Crippen LogP contribution in [0.1, 0.15) is 30.2 Å². The minimum Gasteiger partial charge on any atom is -0.320 e. The van der Waals surface area contributed by atoms with Crippen LogP contribution in [0.2, 0.25) is 0 Å². The van der Waals surface area contributed by atoms with Gasteiger partial charge in [0.2, 0.25) is 0 Å². The highest BCUT2D eigenvalue weighted by Crippen LogP contribution is 2.21. The van der Waals surface area contributed by atoms with Crippen molar-refractivity contribution in [2.75, 3.05) is 19.6 Å². The van der Waals surface area contributed by atoms with E-state index in [4.69, 9.17) is 5.73 Å². The first-order chi connectivity index (χ1) is 8.28. The smallest absolute Gasteiger partial charge is 0.0555 e. The van der Waals surface area contributed by atoms with E-state index in [0.29, 0.717) is 6.54 Å². The van der Waals surface area contributed by atoms with Crippen LogP contribution in [0.3, 0.4) is 0 Å². The Bertz CT molecular complexity index is 405. The molecule has 0 atom stereocenters. The van der Waals surface area contributed by atoms with Crippen molar-refractivity contribution in [2.45, 2.75) is 26.3 Å². The molecule has 0 amide bonds. The van der Waals surface area contributed by atoms with Gasteiger partial charge in [-0.3, -0.25) is 4.90 Å². The number of nitrogens with two attached hydrogens (primary N) is 1. The summed E-state index contributed by atoms with van der Waals surface area (Å²) in [5.41, 5.74) is 6.48. The van der Waals surface area contributed by atoms with Gasteiger partial charge in [-0.1, -0.05) is 18.8 Å². The summed E-state index contributed by atoms with van der Waals surface area (Å²) in [7, 11) is 0. The molecule has 2 rings (SSSR count). The first-order valence-electron chi connectivity index (χ1n) is 6.26. The molecule has 0 saturated carbocycles. The summed E-state index contributed by atoms with van der Waals surface area (Å²) in [4.78, 5) is 3.97. The van der Waals surface area contributed by atoms with Crippen LogP contribution in [0, 0.1) is 17.8 Å². The first kappa shape index (κ1) is 12.6. The molecule has 1 aromatic rings. The van der Waals surface area contributed by atoms with Crippen LogP contribution in [0.25, 0.3) is 0 Å². The lowest BCUT2D eigenvalue weighted by molar-refractivity contribution is 0.186. The maximum Gasteiger partial charge on any atom is 0.0555 e. The summed E-state index contributed by atoms with van der Waals surface area (Å²) in [6, 6.07) is 2.20. The van der Waals surface area contributed by atoms with Gasteiger partial charge in [0.1, 0.15) is 0 Å². The summed E-state index contributed by atoms with van der Waals surface area (Å²) >= 11 is 1.81. The number of hydrogen-bond acceptors (Lipinski definition) is 3. The minimum atomic E-state index is 0.440. The Hall–Kier alpha value is -0.820. The van der Waals surface area contributed by atoms with E-state index >= 15 is 0 Å². The fourth-order valence-corrected chi connectivity index (χ4v) is 2.98. The van der Waals surface area contributed by atoms with Crippen LogP contribution in [0.4, 0.5) is 0 Å². The summed E-state index contributed by atoms with van der Waals surface area (Å²) < 4.78 is 0. The summed E-state index contributed by atoms with van der Waals surface area (Å²) in [6.45, 7) is 6.35. The highest BCUT2D eigenvalue weighted by atomic mass is 32.1. The minimum absolute atomic E-state index is 0.440. The molecule has 1 aromatic heterocycles. The highest BCUT2D eigenvalue weighted by Gasteiger charge is 2.16. The van der Waals surface area contributed by atoms with Crippen molar-refractivity contribution in [1.29, 1.82) is 0 Å². The lowest BCUT2D eigenvalue weighted by Crippen LogP contribution is -2.32. The first-order valence-corrected chi connectivity index (χ1v) is 7.14. The zero-order valence-electron chi connectivity index (χ0n) is 10.4.